The maximum Gasteiger partial charge on any atom is 0.237 e. The molecule has 0 aromatic heterocycles. The molecule has 0 radical (unpaired) electrons. The van der Waals surface area contributed by atoms with E-state index in [-0.39, 0.29) is 29.8 Å². The van der Waals surface area contributed by atoms with Gasteiger partial charge < -0.3 is 21.7 Å². The van der Waals surface area contributed by atoms with Crippen molar-refractivity contribution < 1.29 is 9.59 Å². The quantitative estimate of drug-likeness (QED) is 0.348. The van der Waals surface area contributed by atoms with Crippen LogP contribution in [0.15, 0.2) is 42.6 Å². The number of carbonyl (C=O) groups is 2. The van der Waals surface area contributed by atoms with Crippen LogP contribution in [0, 0.1) is 18.8 Å². The monoisotopic (exact) mass is 501 g/mol. The number of amides is 1. The molecule has 2 rings (SSSR count). The third-order valence-corrected chi connectivity index (χ3v) is 5.84. The maximum atomic E-state index is 12.0. The number of ketones is 1. The van der Waals surface area contributed by atoms with Gasteiger partial charge in [0.25, 0.3) is 0 Å². The fourth-order valence-electron chi connectivity index (χ4n) is 3.80. The van der Waals surface area contributed by atoms with Gasteiger partial charge in [-0.2, -0.15) is 0 Å². The van der Waals surface area contributed by atoms with Gasteiger partial charge in [0.15, 0.2) is 5.78 Å². The minimum absolute atomic E-state index is 0.0595. The fraction of sp³-hybridized carbons (Fsp3) is 0.586. The summed E-state index contributed by atoms with van der Waals surface area (Å²) in [4.78, 5) is 25.4. The van der Waals surface area contributed by atoms with Gasteiger partial charge in [-0.3, -0.25) is 14.5 Å². The first-order chi connectivity index (χ1) is 17.2. The van der Waals surface area contributed by atoms with Crippen molar-refractivity contribution in [2.75, 3.05) is 33.7 Å². The largest absolute Gasteiger partial charge is 0.378 e. The number of Topliss-reactive ketones (excluding diaryl/α,β-unsaturated/α-hetero) is 1. The SMILES string of the molecule is C#C.C=C(CNC)NC(C(C)=O)C(C)CC.CC.CN1C[C@@H](N)CC1C(=O)NCCc1ccccc1. The highest BCUT2D eigenvalue weighted by Gasteiger charge is 2.32. The number of terminal acetylenes is 1. The molecule has 0 saturated carbocycles. The van der Waals surface area contributed by atoms with Crippen LogP contribution in [-0.2, 0) is 16.0 Å². The summed E-state index contributed by atoms with van der Waals surface area (Å²) in [7, 11) is 3.81. The molecule has 5 N–H and O–H groups in total. The Morgan fingerprint density at radius 3 is 2.25 bits per heavy atom. The van der Waals surface area contributed by atoms with Crippen LogP contribution in [0.4, 0.5) is 0 Å². The van der Waals surface area contributed by atoms with Crippen molar-refractivity contribution in [3.8, 4) is 12.8 Å². The Balaban J connectivity index is 0. The molecule has 36 heavy (non-hydrogen) atoms. The van der Waals surface area contributed by atoms with Crippen LogP contribution in [0.5, 0.6) is 0 Å². The Kier molecular flexibility index (Phi) is 21.3. The zero-order valence-corrected chi connectivity index (χ0v) is 23.6. The highest BCUT2D eigenvalue weighted by atomic mass is 16.2. The van der Waals surface area contributed by atoms with Crippen LogP contribution >= 0.6 is 0 Å². The van der Waals surface area contributed by atoms with Gasteiger partial charge in [0.05, 0.1) is 12.1 Å². The van der Waals surface area contributed by atoms with Crippen LogP contribution in [0.1, 0.15) is 53.0 Å². The van der Waals surface area contributed by atoms with Gasteiger partial charge in [-0.1, -0.05) is 71.0 Å². The van der Waals surface area contributed by atoms with Crippen molar-refractivity contribution in [3.63, 3.8) is 0 Å². The van der Waals surface area contributed by atoms with Crippen molar-refractivity contribution >= 4 is 11.7 Å². The number of carbonyl (C=O) groups excluding carboxylic acids is 2. The lowest BCUT2D eigenvalue weighted by atomic mass is 9.96. The molecule has 7 heteroatoms. The Bertz CT molecular complexity index is 751. The number of hydrogen-bond donors (Lipinski definition) is 4. The molecule has 4 atom stereocenters. The zero-order valence-electron chi connectivity index (χ0n) is 23.6. The Morgan fingerprint density at radius 2 is 1.81 bits per heavy atom. The minimum atomic E-state index is -0.0964. The predicted octanol–water partition coefficient (Wildman–Crippen LogP) is 2.97. The third kappa shape index (κ3) is 14.7. The molecule has 0 bridgehead atoms. The zero-order chi connectivity index (χ0) is 28.1. The van der Waals surface area contributed by atoms with E-state index in [4.69, 9.17) is 5.73 Å². The van der Waals surface area contributed by atoms with E-state index < -0.39 is 0 Å². The van der Waals surface area contributed by atoms with Crippen LogP contribution in [-0.4, -0.2) is 68.4 Å². The second-order valence-electron chi connectivity index (χ2n) is 8.73. The third-order valence-electron chi connectivity index (χ3n) is 5.84. The van der Waals surface area contributed by atoms with E-state index in [2.05, 4.69) is 61.4 Å². The molecular formula is C29H51N5O2. The molecule has 204 valence electrons. The minimum Gasteiger partial charge on any atom is -0.378 e. The van der Waals surface area contributed by atoms with Crippen molar-refractivity contribution in [2.24, 2.45) is 11.7 Å². The van der Waals surface area contributed by atoms with Crippen molar-refractivity contribution in [3.05, 3.63) is 48.2 Å². The summed E-state index contributed by atoms with van der Waals surface area (Å²) in [5, 5.41) is 9.14. The second-order valence-corrected chi connectivity index (χ2v) is 8.73. The lowest BCUT2D eigenvalue weighted by Gasteiger charge is -2.23. The smallest absolute Gasteiger partial charge is 0.237 e. The lowest BCUT2D eigenvalue weighted by molar-refractivity contribution is -0.125. The van der Waals surface area contributed by atoms with Gasteiger partial charge in [0, 0.05) is 31.4 Å². The summed E-state index contributed by atoms with van der Waals surface area (Å²) in [6, 6.07) is 10.1. The molecule has 0 spiro atoms. The molecule has 1 aliphatic rings. The normalized spacial score (nSPS) is 17.9. The molecule has 1 aromatic carbocycles. The van der Waals surface area contributed by atoms with E-state index >= 15 is 0 Å². The standard InChI is InChI=1S/C14H21N3O.C11H22N2O.C2H6.C2H2/c1-17-10-12(15)9-13(17)14(18)16-8-7-11-5-3-2-4-6-11;1-6-8(2)11(10(4)14)13-9(3)7-12-5;2*1-2/h2-6,12-13H,7-10,15H2,1H3,(H,16,18);8,11-13H,3,6-7H2,1-2,4-5H3;1-2H3;1-2H/t12-,13?;;;/m0.../s1. The molecule has 7 nitrogen and oxygen atoms in total. The molecule has 1 aromatic rings. The fourth-order valence-corrected chi connectivity index (χ4v) is 3.80. The number of likely N-dealkylation sites (N-methyl/N-ethyl adjacent to an activating group) is 2. The summed E-state index contributed by atoms with van der Waals surface area (Å²) in [6.45, 7) is 15.8. The summed E-state index contributed by atoms with van der Waals surface area (Å²) < 4.78 is 0. The number of likely N-dealkylation sites (tertiary alicyclic amines) is 1. The Hall–Kier alpha value is -2.66. The van der Waals surface area contributed by atoms with E-state index in [0.717, 1.165) is 31.5 Å². The average molecular weight is 502 g/mol. The molecule has 1 fully saturated rings. The first kappa shape index (κ1) is 35.5. The highest BCUT2D eigenvalue weighted by molar-refractivity contribution is 5.82. The highest BCUT2D eigenvalue weighted by Crippen LogP contribution is 2.14. The Morgan fingerprint density at radius 1 is 1.22 bits per heavy atom. The molecule has 1 heterocycles. The first-order valence-corrected chi connectivity index (χ1v) is 12.9. The summed E-state index contributed by atoms with van der Waals surface area (Å²) in [5.41, 5.74) is 7.96. The van der Waals surface area contributed by atoms with Gasteiger partial charge in [0.2, 0.25) is 5.91 Å². The van der Waals surface area contributed by atoms with E-state index in [1.807, 2.05) is 51.0 Å². The molecule has 1 aliphatic heterocycles. The van der Waals surface area contributed by atoms with Crippen LogP contribution < -0.4 is 21.7 Å². The summed E-state index contributed by atoms with van der Waals surface area (Å²) >= 11 is 0. The van der Waals surface area contributed by atoms with Crippen molar-refractivity contribution in [2.45, 2.75) is 72.0 Å². The van der Waals surface area contributed by atoms with E-state index in [9.17, 15) is 9.59 Å². The number of hydrogen-bond acceptors (Lipinski definition) is 6. The predicted molar refractivity (Wildman–Crippen MR) is 154 cm³/mol. The maximum absolute atomic E-state index is 12.0. The number of nitrogens with one attached hydrogen (secondary N) is 3. The molecule has 0 aliphatic carbocycles. The summed E-state index contributed by atoms with van der Waals surface area (Å²) in [5.74, 6) is 0.624. The van der Waals surface area contributed by atoms with Gasteiger partial charge in [-0.05, 0) is 45.3 Å². The lowest BCUT2D eigenvalue weighted by Crippen LogP contribution is -2.42. The van der Waals surface area contributed by atoms with Crippen LogP contribution in [0.25, 0.3) is 0 Å². The number of nitrogens with two attached hydrogens (primary N) is 1. The van der Waals surface area contributed by atoms with Gasteiger partial charge in [0.1, 0.15) is 0 Å². The van der Waals surface area contributed by atoms with E-state index in [1.54, 1.807) is 6.92 Å². The Labute approximate surface area is 220 Å². The van der Waals surface area contributed by atoms with Gasteiger partial charge in [-0.15, -0.1) is 12.8 Å². The topological polar surface area (TPSA) is 99.5 Å². The summed E-state index contributed by atoms with van der Waals surface area (Å²) in [6.07, 6.45) is 10.6. The molecule has 1 amide bonds. The van der Waals surface area contributed by atoms with Crippen molar-refractivity contribution in [1.29, 1.82) is 0 Å². The van der Waals surface area contributed by atoms with Crippen LogP contribution in [0.2, 0.25) is 0 Å². The number of rotatable bonds is 11. The number of benzene rings is 1. The second kappa shape index (κ2) is 21.6. The van der Waals surface area contributed by atoms with Crippen LogP contribution in [0.3, 0.4) is 0 Å². The first-order valence-electron chi connectivity index (χ1n) is 12.9. The van der Waals surface area contributed by atoms with Gasteiger partial charge in [-0.25, -0.2) is 0 Å². The van der Waals surface area contributed by atoms with E-state index in [0.29, 0.717) is 19.0 Å². The molecule has 3 unspecified atom stereocenters. The molecule has 1 saturated heterocycles. The molecular weight excluding hydrogens is 450 g/mol. The average Bonchev–Trinajstić information content (AvgIpc) is 3.23. The van der Waals surface area contributed by atoms with Crippen molar-refractivity contribution in [1.82, 2.24) is 20.9 Å². The van der Waals surface area contributed by atoms with E-state index in [1.165, 1.54) is 5.56 Å². The van der Waals surface area contributed by atoms with Gasteiger partial charge >= 0.3 is 0 Å². The number of nitrogens with zero attached hydrogens (tertiary/aromatic N) is 1.